The van der Waals surface area contributed by atoms with Crippen LogP contribution in [0.25, 0.3) is 11.3 Å². The lowest BCUT2D eigenvalue weighted by Gasteiger charge is -2.29. The van der Waals surface area contributed by atoms with Gasteiger partial charge in [0.05, 0.1) is 31.5 Å². The molecule has 0 unspecified atom stereocenters. The van der Waals surface area contributed by atoms with Crippen molar-refractivity contribution in [2.45, 2.75) is 26.1 Å². The standard InChI is InChI=1S/C26H32FN3O4/c1-2-32-19-23(31)17-29(16-20-8-10-22(27)11-9-20)18-24-25(21-6-4-3-5-7-21)28-34-26(24)30-12-14-33-15-13-30/h3-11,23,31H,2,12-19H2,1H3/t23-/m1/s1. The van der Waals surface area contributed by atoms with Crippen molar-refractivity contribution in [3.05, 3.63) is 71.5 Å². The van der Waals surface area contributed by atoms with Gasteiger partial charge in [-0.1, -0.05) is 47.6 Å². The van der Waals surface area contributed by atoms with Crippen molar-refractivity contribution in [3.8, 4) is 11.3 Å². The largest absolute Gasteiger partial charge is 0.389 e. The van der Waals surface area contributed by atoms with E-state index in [0.717, 1.165) is 41.4 Å². The summed E-state index contributed by atoms with van der Waals surface area (Å²) in [6.45, 7) is 6.83. The first-order chi connectivity index (χ1) is 16.6. The van der Waals surface area contributed by atoms with Crippen LogP contribution in [0.3, 0.4) is 0 Å². The van der Waals surface area contributed by atoms with E-state index in [4.69, 9.17) is 14.0 Å². The Morgan fingerprint density at radius 2 is 1.82 bits per heavy atom. The first kappa shape index (κ1) is 24.3. The van der Waals surface area contributed by atoms with Crippen molar-refractivity contribution in [2.24, 2.45) is 0 Å². The molecule has 4 rings (SSSR count). The monoisotopic (exact) mass is 469 g/mol. The third-order valence-electron chi connectivity index (χ3n) is 5.80. The third kappa shape index (κ3) is 6.42. The minimum Gasteiger partial charge on any atom is -0.389 e. The Morgan fingerprint density at radius 1 is 1.09 bits per heavy atom. The maximum absolute atomic E-state index is 13.5. The number of hydrogen-bond donors (Lipinski definition) is 1. The lowest BCUT2D eigenvalue weighted by Crippen LogP contribution is -2.38. The minimum atomic E-state index is -0.660. The zero-order valence-corrected chi connectivity index (χ0v) is 19.5. The number of rotatable bonds is 11. The first-order valence-electron chi connectivity index (χ1n) is 11.7. The number of benzene rings is 2. The zero-order chi connectivity index (χ0) is 23.8. The van der Waals surface area contributed by atoms with E-state index in [1.54, 1.807) is 12.1 Å². The molecule has 0 amide bonds. The molecule has 182 valence electrons. The van der Waals surface area contributed by atoms with Gasteiger partial charge in [-0.3, -0.25) is 4.90 Å². The molecule has 0 saturated carbocycles. The number of aliphatic hydroxyl groups excluding tert-OH is 1. The van der Waals surface area contributed by atoms with Gasteiger partial charge in [-0.2, -0.15) is 0 Å². The van der Waals surface area contributed by atoms with E-state index in [1.807, 2.05) is 37.3 Å². The summed E-state index contributed by atoms with van der Waals surface area (Å²) in [7, 11) is 0. The summed E-state index contributed by atoms with van der Waals surface area (Å²) >= 11 is 0. The number of aliphatic hydroxyl groups is 1. The van der Waals surface area contributed by atoms with Gasteiger partial charge in [-0.05, 0) is 24.6 Å². The number of ether oxygens (including phenoxy) is 2. The number of hydrogen-bond acceptors (Lipinski definition) is 7. The predicted octanol–water partition coefficient (Wildman–Crippen LogP) is 3.72. The van der Waals surface area contributed by atoms with Gasteiger partial charge in [0.1, 0.15) is 11.5 Å². The van der Waals surface area contributed by atoms with Crippen molar-refractivity contribution in [1.29, 1.82) is 0 Å². The number of anilines is 1. The van der Waals surface area contributed by atoms with Gasteiger partial charge >= 0.3 is 0 Å². The fourth-order valence-corrected chi connectivity index (χ4v) is 4.14. The highest BCUT2D eigenvalue weighted by atomic mass is 19.1. The number of nitrogens with zero attached hydrogens (tertiary/aromatic N) is 3. The van der Waals surface area contributed by atoms with E-state index < -0.39 is 6.10 Å². The average Bonchev–Trinajstić information content (AvgIpc) is 3.28. The summed E-state index contributed by atoms with van der Waals surface area (Å²) in [5, 5.41) is 15.1. The van der Waals surface area contributed by atoms with Crippen LogP contribution in [0.15, 0.2) is 59.1 Å². The van der Waals surface area contributed by atoms with Gasteiger partial charge < -0.3 is 24.0 Å². The molecule has 1 aromatic heterocycles. The number of aromatic nitrogens is 1. The van der Waals surface area contributed by atoms with Crippen molar-refractivity contribution in [1.82, 2.24) is 10.1 Å². The summed E-state index contributed by atoms with van der Waals surface area (Å²) in [6, 6.07) is 16.4. The Labute approximate surface area is 199 Å². The summed E-state index contributed by atoms with van der Waals surface area (Å²) < 4.78 is 30.3. The Balaban J connectivity index is 1.64. The average molecular weight is 470 g/mol. The second-order valence-corrected chi connectivity index (χ2v) is 8.39. The molecule has 1 fully saturated rings. The molecular formula is C26H32FN3O4. The molecule has 0 spiro atoms. The van der Waals surface area contributed by atoms with Crippen LogP contribution in [-0.2, 0) is 22.6 Å². The van der Waals surface area contributed by atoms with Crippen LogP contribution in [0, 0.1) is 5.82 Å². The second kappa shape index (κ2) is 12.1. The van der Waals surface area contributed by atoms with Crippen LogP contribution in [0.5, 0.6) is 0 Å². The van der Waals surface area contributed by atoms with Gasteiger partial charge in [0, 0.05) is 44.9 Å². The van der Waals surface area contributed by atoms with E-state index in [1.165, 1.54) is 12.1 Å². The van der Waals surface area contributed by atoms with Gasteiger partial charge in [-0.25, -0.2) is 4.39 Å². The van der Waals surface area contributed by atoms with Crippen molar-refractivity contribution in [3.63, 3.8) is 0 Å². The molecule has 8 heteroatoms. The van der Waals surface area contributed by atoms with E-state index in [-0.39, 0.29) is 12.4 Å². The van der Waals surface area contributed by atoms with Crippen LogP contribution >= 0.6 is 0 Å². The minimum absolute atomic E-state index is 0.252. The van der Waals surface area contributed by atoms with Crippen LogP contribution in [0.1, 0.15) is 18.1 Å². The summed E-state index contributed by atoms with van der Waals surface area (Å²) in [6.07, 6.45) is -0.660. The highest BCUT2D eigenvalue weighted by Crippen LogP contribution is 2.33. The van der Waals surface area contributed by atoms with E-state index in [2.05, 4.69) is 15.0 Å². The molecule has 1 N–H and O–H groups in total. The maximum Gasteiger partial charge on any atom is 0.232 e. The predicted molar refractivity (Wildman–Crippen MR) is 128 cm³/mol. The van der Waals surface area contributed by atoms with Crippen LogP contribution in [0.4, 0.5) is 10.3 Å². The highest BCUT2D eigenvalue weighted by Gasteiger charge is 2.26. The molecule has 2 heterocycles. The Hall–Kier alpha value is -2.78. The molecule has 0 aliphatic carbocycles. The number of halogens is 1. The van der Waals surface area contributed by atoms with Gasteiger partial charge in [0.25, 0.3) is 0 Å². The third-order valence-corrected chi connectivity index (χ3v) is 5.80. The molecule has 1 atom stereocenters. The Bertz CT molecular complexity index is 1010. The molecule has 7 nitrogen and oxygen atoms in total. The molecule has 0 bridgehead atoms. The van der Waals surface area contributed by atoms with E-state index >= 15 is 0 Å². The quantitative estimate of drug-likeness (QED) is 0.459. The van der Waals surface area contributed by atoms with Gasteiger partial charge in [0.2, 0.25) is 5.88 Å². The first-order valence-corrected chi connectivity index (χ1v) is 11.7. The lowest BCUT2D eigenvalue weighted by molar-refractivity contribution is 0.0179. The topological polar surface area (TPSA) is 71.2 Å². The number of morpholine rings is 1. The molecule has 3 aromatic rings. The summed E-state index contributed by atoms with van der Waals surface area (Å²) in [4.78, 5) is 4.28. The Kier molecular flexibility index (Phi) is 8.65. The van der Waals surface area contributed by atoms with Gasteiger partial charge in [0.15, 0.2) is 0 Å². The van der Waals surface area contributed by atoms with Crippen molar-refractivity contribution >= 4 is 5.88 Å². The molecule has 2 aromatic carbocycles. The SMILES string of the molecule is CCOC[C@H](O)CN(Cc1ccc(F)cc1)Cc1c(-c2ccccc2)noc1N1CCOCC1. The smallest absolute Gasteiger partial charge is 0.232 e. The fourth-order valence-electron chi connectivity index (χ4n) is 4.14. The molecule has 1 saturated heterocycles. The Morgan fingerprint density at radius 3 is 2.53 bits per heavy atom. The lowest BCUT2D eigenvalue weighted by atomic mass is 10.1. The molecular weight excluding hydrogens is 437 g/mol. The molecule has 1 aliphatic rings. The zero-order valence-electron chi connectivity index (χ0n) is 19.5. The maximum atomic E-state index is 13.5. The van der Waals surface area contributed by atoms with E-state index in [0.29, 0.717) is 39.5 Å². The van der Waals surface area contributed by atoms with Crippen LogP contribution in [0.2, 0.25) is 0 Å². The molecule has 34 heavy (non-hydrogen) atoms. The highest BCUT2D eigenvalue weighted by molar-refractivity contribution is 5.68. The summed E-state index contributed by atoms with van der Waals surface area (Å²) in [5.41, 5.74) is 3.66. The molecule has 1 aliphatic heterocycles. The van der Waals surface area contributed by atoms with Crippen molar-refractivity contribution < 1.29 is 23.5 Å². The normalized spacial score (nSPS) is 15.1. The summed E-state index contributed by atoms with van der Waals surface area (Å²) in [5.74, 6) is 0.456. The second-order valence-electron chi connectivity index (χ2n) is 8.39. The van der Waals surface area contributed by atoms with Crippen LogP contribution < -0.4 is 4.90 Å². The van der Waals surface area contributed by atoms with Crippen LogP contribution in [-0.4, -0.2) is 67.3 Å². The molecule has 0 radical (unpaired) electrons. The van der Waals surface area contributed by atoms with Gasteiger partial charge in [-0.15, -0.1) is 0 Å². The van der Waals surface area contributed by atoms with E-state index in [9.17, 15) is 9.50 Å². The van der Waals surface area contributed by atoms with Crippen molar-refractivity contribution in [2.75, 3.05) is 51.0 Å². The fraction of sp³-hybridized carbons (Fsp3) is 0.423.